The van der Waals surface area contributed by atoms with Crippen molar-refractivity contribution < 1.29 is 14.6 Å². The minimum Gasteiger partial charge on any atom is -0.490 e. The van der Waals surface area contributed by atoms with E-state index >= 15 is 0 Å². The number of aliphatic hydroxyl groups excluding tert-OH is 1. The summed E-state index contributed by atoms with van der Waals surface area (Å²) in [6, 6.07) is 5.55. The zero-order valence-corrected chi connectivity index (χ0v) is 11.1. The van der Waals surface area contributed by atoms with Crippen molar-refractivity contribution in [2.24, 2.45) is 5.73 Å². The molecule has 0 heterocycles. The highest BCUT2D eigenvalue weighted by molar-refractivity contribution is 5.97. The van der Waals surface area contributed by atoms with Crippen molar-refractivity contribution in [3.63, 3.8) is 0 Å². The molecule has 0 radical (unpaired) electrons. The van der Waals surface area contributed by atoms with Gasteiger partial charge in [0.25, 0.3) is 0 Å². The zero-order valence-electron chi connectivity index (χ0n) is 11.1. The van der Waals surface area contributed by atoms with Crippen LogP contribution >= 0.6 is 0 Å². The molecule has 1 aromatic rings. The molecule has 1 atom stereocenters. The number of benzene rings is 1. The summed E-state index contributed by atoms with van der Waals surface area (Å²) in [6.07, 6.45) is -0.713. The molecule has 0 saturated carbocycles. The second kappa shape index (κ2) is 6.52. The van der Waals surface area contributed by atoms with E-state index in [2.05, 4.69) is 13.8 Å². The number of carbonyl (C=O) groups excluding carboxylic acids is 1. The zero-order chi connectivity index (χ0) is 13.7. The maximum Gasteiger partial charge on any atom is 0.163 e. The highest BCUT2D eigenvalue weighted by Crippen LogP contribution is 2.24. The lowest BCUT2D eigenvalue weighted by Crippen LogP contribution is -2.26. The van der Waals surface area contributed by atoms with Gasteiger partial charge < -0.3 is 15.6 Å². The van der Waals surface area contributed by atoms with Crippen LogP contribution in [0.4, 0.5) is 0 Å². The van der Waals surface area contributed by atoms with E-state index < -0.39 is 6.10 Å². The molecule has 0 spiro atoms. The Hall–Kier alpha value is -1.39. The number of carbonyl (C=O) groups is 1. The molecule has 1 rings (SSSR count). The molecule has 0 aliphatic rings. The van der Waals surface area contributed by atoms with E-state index in [1.54, 1.807) is 6.07 Å². The maximum absolute atomic E-state index is 11.6. The first-order valence-corrected chi connectivity index (χ1v) is 6.11. The third-order valence-corrected chi connectivity index (χ3v) is 2.75. The molecular formula is C14H21NO3. The number of ketones is 1. The first kappa shape index (κ1) is 14.7. The summed E-state index contributed by atoms with van der Waals surface area (Å²) in [7, 11) is 0. The van der Waals surface area contributed by atoms with Crippen molar-refractivity contribution in [2.45, 2.75) is 32.8 Å². The Kier molecular flexibility index (Phi) is 5.31. The molecule has 18 heavy (non-hydrogen) atoms. The predicted molar refractivity (Wildman–Crippen MR) is 71.1 cm³/mol. The molecular weight excluding hydrogens is 230 g/mol. The van der Waals surface area contributed by atoms with Crippen molar-refractivity contribution in [2.75, 3.05) is 13.2 Å². The maximum atomic E-state index is 11.6. The van der Waals surface area contributed by atoms with E-state index in [0.717, 1.165) is 5.56 Å². The lowest BCUT2D eigenvalue weighted by Gasteiger charge is -2.14. The second-order valence-corrected chi connectivity index (χ2v) is 4.67. The number of nitrogens with two attached hydrogens (primary N) is 1. The van der Waals surface area contributed by atoms with E-state index in [0.29, 0.717) is 17.2 Å². The van der Waals surface area contributed by atoms with Crippen LogP contribution in [-0.2, 0) is 0 Å². The highest BCUT2D eigenvalue weighted by Gasteiger charge is 2.12. The molecule has 0 aliphatic carbocycles. The largest absolute Gasteiger partial charge is 0.490 e. The summed E-state index contributed by atoms with van der Waals surface area (Å²) in [5.41, 5.74) is 6.94. The standard InChI is InChI=1S/C14H21NO3/c1-9(2)11-4-5-14(13(6-11)10(3)16)18-8-12(17)7-15/h4-6,9,12,17H,7-8,15H2,1-3H3. The SMILES string of the molecule is CC(=O)c1cc(C(C)C)ccc1OCC(O)CN. The summed E-state index contributed by atoms with van der Waals surface area (Å²) in [4.78, 5) is 11.6. The number of aliphatic hydroxyl groups is 1. The van der Waals surface area contributed by atoms with Crippen molar-refractivity contribution in [1.29, 1.82) is 0 Å². The minimum atomic E-state index is -0.713. The quantitative estimate of drug-likeness (QED) is 0.755. The number of Topliss-reactive ketones (excluding diaryl/α,β-unsaturated/α-hetero) is 1. The van der Waals surface area contributed by atoms with Gasteiger partial charge in [-0.05, 0) is 30.5 Å². The van der Waals surface area contributed by atoms with Crippen LogP contribution in [0.3, 0.4) is 0 Å². The lowest BCUT2D eigenvalue weighted by atomic mass is 9.99. The molecule has 0 fully saturated rings. The van der Waals surface area contributed by atoms with E-state index in [9.17, 15) is 9.90 Å². The van der Waals surface area contributed by atoms with Gasteiger partial charge in [-0.2, -0.15) is 0 Å². The third-order valence-electron chi connectivity index (χ3n) is 2.75. The normalized spacial score (nSPS) is 12.6. The number of rotatable bonds is 6. The van der Waals surface area contributed by atoms with Gasteiger partial charge in [0.1, 0.15) is 18.5 Å². The summed E-state index contributed by atoms with van der Waals surface area (Å²) in [5, 5.41) is 9.36. The van der Waals surface area contributed by atoms with Crippen molar-refractivity contribution in [3.8, 4) is 5.75 Å². The van der Waals surface area contributed by atoms with Gasteiger partial charge in [-0.3, -0.25) is 4.79 Å². The van der Waals surface area contributed by atoms with Gasteiger partial charge in [0, 0.05) is 6.54 Å². The number of hydrogen-bond donors (Lipinski definition) is 2. The lowest BCUT2D eigenvalue weighted by molar-refractivity contribution is 0.0988. The average molecular weight is 251 g/mol. The fourth-order valence-corrected chi connectivity index (χ4v) is 1.56. The fraction of sp³-hybridized carbons (Fsp3) is 0.500. The molecule has 3 N–H and O–H groups in total. The topological polar surface area (TPSA) is 72.5 Å². The fourth-order valence-electron chi connectivity index (χ4n) is 1.56. The molecule has 4 heteroatoms. The Balaban J connectivity index is 2.93. The average Bonchev–Trinajstić information content (AvgIpc) is 2.35. The summed E-state index contributed by atoms with van der Waals surface area (Å²) < 4.78 is 5.44. The molecule has 4 nitrogen and oxygen atoms in total. The smallest absolute Gasteiger partial charge is 0.163 e. The van der Waals surface area contributed by atoms with Crippen LogP contribution in [0.15, 0.2) is 18.2 Å². The Morgan fingerprint density at radius 3 is 2.61 bits per heavy atom. The van der Waals surface area contributed by atoms with Gasteiger partial charge in [0.05, 0.1) is 5.56 Å². The third kappa shape index (κ3) is 3.82. The molecule has 1 unspecified atom stereocenters. The molecule has 100 valence electrons. The highest BCUT2D eigenvalue weighted by atomic mass is 16.5. The van der Waals surface area contributed by atoms with Crippen LogP contribution in [0.25, 0.3) is 0 Å². The van der Waals surface area contributed by atoms with E-state index in [1.165, 1.54) is 6.92 Å². The van der Waals surface area contributed by atoms with E-state index in [1.807, 2.05) is 12.1 Å². The second-order valence-electron chi connectivity index (χ2n) is 4.67. The van der Waals surface area contributed by atoms with Crippen LogP contribution in [-0.4, -0.2) is 30.1 Å². The van der Waals surface area contributed by atoms with Crippen LogP contribution in [0, 0.1) is 0 Å². The molecule has 0 aliphatic heterocycles. The predicted octanol–water partition coefficient (Wildman–Crippen LogP) is 1.71. The number of ether oxygens (including phenoxy) is 1. The summed E-state index contributed by atoms with van der Waals surface area (Å²) >= 11 is 0. The molecule has 0 aromatic heterocycles. The monoisotopic (exact) mass is 251 g/mol. The van der Waals surface area contributed by atoms with Crippen LogP contribution in [0.1, 0.15) is 42.6 Å². The first-order valence-electron chi connectivity index (χ1n) is 6.11. The Labute approximate surface area is 108 Å². The first-order chi connectivity index (χ1) is 8.45. The van der Waals surface area contributed by atoms with Gasteiger partial charge in [0.15, 0.2) is 5.78 Å². The van der Waals surface area contributed by atoms with Gasteiger partial charge in [-0.15, -0.1) is 0 Å². The summed E-state index contributed by atoms with van der Waals surface area (Å²) in [6.45, 7) is 5.87. The summed E-state index contributed by atoms with van der Waals surface area (Å²) in [5.74, 6) is 0.806. The van der Waals surface area contributed by atoms with Gasteiger partial charge >= 0.3 is 0 Å². The molecule has 0 amide bonds. The molecule has 0 bridgehead atoms. The number of hydrogen-bond acceptors (Lipinski definition) is 4. The minimum absolute atomic E-state index is 0.0465. The van der Waals surface area contributed by atoms with Crippen molar-refractivity contribution in [3.05, 3.63) is 29.3 Å². The van der Waals surface area contributed by atoms with Gasteiger partial charge in [0.2, 0.25) is 0 Å². The molecule has 0 saturated heterocycles. The Bertz CT molecular complexity index is 416. The van der Waals surface area contributed by atoms with E-state index in [-0.39, 0.29) is 18.9 Å². The van der Waals surface area contributed by atoms with Crippen LogP contribution in [0.5, 0.6) is 5.75 Å². The van der Waals surface area contributed by atoms with E-state index in [4.69, 9.17) is 10.5 Å². The Morgan fingerprint density at radius 2 is 2.11 bits per heavy atom. The van der Waals surface area contributed by atoms with Crippen molar-refractivity contribution in [1.82, 2.24) is 0 Å². The van der Waals surface area contributed by atoms with Crippen LogP contribution in [0.2, 0.25) is 0 Å². The molecule has 1 aromatic carbocycles. The van der Waals surface area contributed by atoms with Crippen molar-refractivity contribution >= 4 is 5.78 Å². The van der Waals surface area contributed by atoms with Gasteiger partial charge in [-0.1, -0.05) is 19.9 Å². The van der Waals surface area contributed by atoms with Crippen LogP contribution < -0.4 is 10.5 Å². The van der Waals surface area contributed by atoms with Gasteiger partial charge in [-0.25, -0.2) is 0 Å². The Morgan fingerprint density at radius 1 is 1.44 bits per heavy atom.